The molecule has 4 heteroatoms. The fourth-order valence-electron chi connectivity index (χ4n) is 2.08. The second-order valence-electron chi connectivity index (χ2n) is 4.37. The first-order chi connectivity index (χ1) is 7.74. The van der Waals surface area contributed by atoms with Gasteiger partial charge in [-0.15, -0.1) is 0 Å². The number of amides is 1. The van der Waals surface area contributed by atoms with E-state index in [0.717, 1.165) is 25.7 Å². The summed E-state index contributed by atoms with van der Waals surface area (Å²) in [7, 11) is 0. The number of hydrogen-bond acceptors (Lipinski definition) is 3. The maximum Gasteiger partial charge on any atom is 0.246 e. The van der Waals surface area contributed by atoms with Crippen LogP contribution in [0.25, 0.3) is 0 Å². The van der Waals surface area contributed by atoms with Crippen LogP contribution in [0.3, 0.4) is 0 Å². The maximum absolute atomic E-state index is 11.5. The topological polar surface area (TPSA) is 58.6 Å². The van der Waals surface area contributed by atoms with E-state index in [-0.39, 0.29) is 18.6 Å². The molecular weight excluding hydrogens is 206 g/mol. The van der Waals surface area contributed by atoms with Crippen LogP contribution in [0.15, 0.2) is 0 Å². The summed E-state index contributed by atoms with van der Waals surface area (Å²) in [4.78, 5) is 11.5. The Morgan fingerprint density at radius 1 is 1.31 bits per heavy atom. The number of carbonyl (C=O) groups is 1. The van der Waals surface area contributed by atoms with Crippen molar-refractivity contribution in [1.29, 1.82) is 0 Å². The third-order valence-electron chi connectivity index (χ3n) is 3.01. The third-order valence-corrected chi connectivity index (χ3v) is 3.01. The Morgan fingerprint density at radius 2 is 2.00 bits per heavy atom. The van der Waals surface area contributed by atoms with Crippen LogP contribution >= 0.6 is 0 Å². The Kier molecular flexibility index (Phi) is 6.42. The van der Waals surface area contributed by atoms with E-state index in [1.807, 2.05) is 6.92 Å². The third kappa shape index (κ3) is 4.94. The highest BCUT2D eigenvalue weighted by atomic mass is 16.5. The molecule has 1 fully saturated rings. The number of aliphatic hydroxyl groups excluding tert-OH is 1. The normalized spacial score (nSPS) is 26.9. The smallest absolute Gasteiger partial charge is 0.246 e. The van der Waals surface area contributed by atoms with Crippen molar-refractivity contribution in [3.05, 3.63) is 0 Å². The number of nitrogens with one attached hydrogen (secondary N) is 1. The van der Waals surface area contributed by atoms with Crippen LogP contribution < -0.4 is 5.32 Å². The summed E-state index contributed by atoms with van der Waals surface area (Å²) in [5.74, 6) is -0.119. The van der Waals surface area contributed by atoms with Gasteiger partial charge in [-0.2, -0.15) is 0 Å². The van der Waals surface area contributed by atoms with E-state index in [1.165, 1.54) is 12.8 Å². The molecule has 0 spiro atoms. The van der Waals surface area contributed by atoms with Crippen molar-refractivity contribution >= 4 is 5.91 Å². The summed E-state index contributed by atoms with van der Waals surface area (Å²) in [5.41, 5.74) is 0. The summed E-state index contributed by atoms with van der Waals surface area (Å²) in [5, 5.41) is 12.7. The van der Waals surface area contributed by atoms with Crippen molar-refractivity contribution in [2.75, 3.05) is 13.2 Å². The van der Waals surface area contributed by atoms with E-state index < -0.39 is 6.10 Å². The van der Waals surface area contributed by atoms with Crippen molar-refractivity contribution < 1.29 is 14.6 Å². The molecule has 16 heavy (non-hydrogen) atoms. The minimum absolute atomic E-state index is 0.0896. The average molecular weight is 229 g/mol. The zero-order valence-corrected chi connectivity index (χ0v) is 10.1. The first kappa shape index (κ1) is 13.5. The van der Waals surface area contributed by atoms with Crippen LogP contribution in [0.4, 0.5) is 0 Å². The minimum Gasteiger partial charge on any atom is -0.391 e. The maximum atomic E-state index is 11.5. The molecular formula is C12H23NO3. The summed E-state index contributed by atoms with van der Waals surface area (Å²) >= 11 is 0. The number of hydrogen-bond donors (Lipinski definition) is 2. The Balaban J connectivity index is 2.33. The van der Waals surface area contributed by atoms with Gasteiger partial charge in [0, 0.05) is 6.61 Å². The van der Waals surface area contributed by atoms with Crippen molar-refractivity contribution in [1.82, 2.24) is 5.32 Å². The van der Waals surface area contributed by atoms with E-state index in [0.29, 0.717) is 6.61 Å². The van der Waals surface area contributed by atoms with Crippen molar-refractivity contribution in [3.63, 3.8) is 0 Å². The lowest BCUT2D eigenvalue weighted by Gasteiger charge is -2.26. The standard InChI is InChI=1S/C12H23NO3/c1-2-16-9-12(15)13-10-7-5-3-4-6-8-11(10)14/h10-11,14H,2-9H2,1H3,(H,13,15)/t10-,11-/m0/s1. The van der Waals surface area contributed by atoms with E-state index in [9.17, 15) is 9.90 Å². The monoisotopic (exact) mass is 229 g/mol. The lowest BCUT2D eigenvalue weighted by atomic mass is 9.94. The van der Waals surface area contributed by atoms with Crippen LogP contribution in [0, 0.1) is 0 Å². The Hall–Kier alpha value is -0.610. The van der Waals surface area contributed by atoms with Gasteiger partial charge in [0.25, 0.3) is 0 Å². The predicted molar refractivity (Wildman–Crippen MR) is 62.1 cm³/mol. The molecule has 1 amide bonds. The molecule has 1 aliphatic rings. The largest absolute Gasteiger partial charge is 0.391 e. The Morgan fingerprint density at radius 3 is 2.69 bits per heavy atom. The highest BCUT2D eigenvalue weighted by molar-refractivity contribution is 5.77. The average Bonchev–Trinajstić information content (AvgIpc) is 2.26. The molecule has 0 saturated heterocycles. The second-order valence-corrected chi connectivity index (χ2v) is 4.37. The van der Waals surface area contributed by atoms with Gasteiger partial charge in [-0.1, -0.05) is 25.7 Å². The van der Waals surface area contributed by atoms with Crippen LogP contribution in [-0.2, 0) is 9.53 Å². The zero-order chi connectivity index (χ0) is 11.8. The molecule has 0 radical (unpaired) electrons. The van der Waals surface area contributed by atoms with Crippen LogP contribution in [0.5, 0.6) is 0 Å². The molecule has 2 N–H and O–H groups in total. The zero-order valence-electron chi connectivity index (χ0n) is 10.1. The SMILES string of the molecule is CCOCC(=O)N[C@H]1CCCCCC[C@@H]1O. The first-order valence-corrected chi connectivity index (χ1v) is 6.29. The molecule has 1 aliphatic carbocycles. The van der Waals surface area contributed by atoms with E-state index in [1.54, 1.807) is 0 Å². The lowest BCUT2D eigenvalue weighted by molar-refractivity contribution is -0.127. The molecule has 2 atom stereocenters. The van der Waals surface area contributed by atoms with Crippen molar-refractivity contribution in [2.45, 2.75) is 57.6 Å². The number of carbonyl (C=O) groups excluding carboxylic acids is 1. The lowest BCUT2D eigenvalue weighted by Crippen LogP contribution is -2.45. The molecule has 0 aliphatic heterocycles. The minimum atomic E-state index is -0.397. The molecule has 0 unspecified atom stereocenters. The van der Waals surface area contributed by atoms with Gasteiger partial charge in [0.15, 0.2) is 0 Å². The second kappa shape index (κ2) is 7.63. The molecule has 0 aromatic heterocycles. The summed E-state index contributed by atoms with van der Waals surface area (Å²) < 4.78 is 5.03. The molecule has 0 aromatic carbocycles. The van der Waals surface area contributed by atoms with Crippen LogP contribution in [0.1, 0.15) is 45.4 Å². The van der Waals surface area contributed by atoms with Crippen molar-refractivity contribution in [2.24, 2.45) is 0 Å². The van der Waals surface area contributed by atoms with E-state index >= 15 is 0 Å². The van der Waals surface area contributed by atoms with Gasteiger partial charge in [-0.25, -0.2) is 0 Å². The fourth-order valence-corrected chi connectivity index (χ4v) is 2.08. The van der Waals surface area contributed by atoms with Gasteiger partial charge in [0.2, 0.25) is 5.91 Å². The molecule has 0 bridgehead atoms. The summed E-state index contributed by atoms with van der Waals surface area (Å²) in [6, 6.07) is -0.0896. The van der Waals surface area contributed by atoms with Crippen LogP contribution in [0.2, 0.25) is 0 Å². The summed E-state index contributed by atoms with van der Waals surface area (Å²) in [6.45, 7) is 2.50. The Labute approximate surface area is 97.4 Å². The van der Waals surface area contributed by atoms with Crippen LogP contribution in [-0.4, -0.2) is 36.4 Å². The Bertz CT molecular complexity index is 208. The number of ether oxygens (including phenoxy) is 1. The molecule has 1 saturated carbocycles. The van der Waals surface area contributed by atoms with Gasteiger partial charge < -0.3 is 15.2 Å². The quantitative estimate of drug-likeness (QED) is 0.762. The van der Waals surface area contributed by atoms with Gasteiger partial charge in [-0.05, 0) is 19.8 Å². The van der Waals surface area contributed by atoms with Gasteiger partial charge in [-0.3, -0.25) is 4.79 Å². The molecule has 0 heterocycles. The highest BCUT2D eigenvalue weighted by Gasteiger charge is 2.21. The van der Waals surface area contributed by atoms with Gasteiger partial charge in [0.05, 0.1) is 12.1 Å². The predicted octanol–water partition coefficient (Wildman–Crippen LogP) is 1.22. The van der Waals surface area contributed by atoms with Crippen molar-refractivity contribution in [3.8, 4) is 0 Å². The highest BCUT2D eigenvalue weighted by Crippen LogP contribution is 2.17. The number of aliphatic hydroxyl groups is 1. The van der Waals surface area contributed by atoms with Gasteiger partial charge >= 0.3 is 0 Å². The van der Waals surface area contributed by atoms with E-state index in [2.05, 4.69) is 5.32 Å². The van der Waals surface area contributed by atoms with E-state index in [4.69, 9.17) is 4.74 Å². The summed E-state index contributed by atoms with van der Waals surface area (Å²) in [6.07, 6.45) is 5.79. The first-order valence-electron chi connectivity index (χ1n) is 6.29. The molecule has 0 aromatic rings. The molecule has 94 valence electrons. The molecule has 1 rings (SSSR count). The van der Waals surface area contributed by atoms with Gasteiger partial charge in [0.1, 0.15) is 6.61 Å². The number of rotatable bonds is 4. The molecule has 4 nitrogen and oxygen atoms in total. The fraction of sp³-hybridized carbons (Fsp3) is 0.917.